The molecule has 7 rings (SSSR count). The van der Waals surface area contributed by atoms with Crippen molar-refractivity contribution >= 4 is 47.2 Å². The smallest absolute Gasteiger partial charge is 0.308 e. The number of amides is 3. The molecule has 0 fully saturated rings. The lowest BCUT2D eigenvalue weighted by molar-refractivity contribution is -0.145. The van der Waals surface area contributed by atoms with Crippen LogP contribution in [0.4, 0.5) is 0 Å². The molecule has 396 valence electrons. The number of benzene rings is 7. The van der Waals surface area contributed by atoms with Crippen LogP contribution in [-0.4, -0.2) is 82.3 Å². The van der Waals surface area contributed by atoms with Gasteiger partial charge in [0.05, 0.1) is 40.6 Å². The predicted octanol–water partition coefficient (Wildman–Crippen LogP) is 10.3. The molecule has 5 atom stereocenters. The Balaban J connectivity index is 1.07. The molecule has 0 radical (unpaired) electrons. The molecule has 0 heterocycles. The maximum atomic E-state index is 14.9. The van der Waals surface area contributed by atoms with E-state index in [1.165, 1.54) is 24.8 Å². The number of hydrogen-bond acceptors (Lipinski definition) is 9. The standard InChI is InChI=1S/C65H67N3O7S2/c1-3-42-75-61(72)46-59(70)57(44-49-27-11-4-12-28-49)67-63(74)58(47-77-65(53-35-19-8-20-36-53,54-37-21-9-22-38-54)55-39-23-10-24-40-55)68-62(73)48(2)66-60(71)45-56(69)41-25-26-43-76-64(50-29-13-5-14-30-50,51-31-15-6-16-32-51)52-33-17-7-18-34-52/h3-25,27-41,48,56-59,69-70H,1,26,42-47H2,2H3,(H,66,71)(H,67,74)(H,68,73)/b41-25+/t48-,56-,57-,58-,59+/m1/s1. The van der Waals surface area contributed by atoms with Crippen LogP contribution in [0.25, 0.3) is 0 Å². The van der Waals surface area contributed by atoms with E-state index < -0.39 is 69.9 Å². The summed E-state index contributed by atoms with van der Waals surface area (Å²) in [5.41, 5.74) is 7.06. The van der Waals surface area contributed by atoms with Gasteiger partial charge in [-0.05, 0) is 64.5 Å². The van der Waals surface area contributed by atoms with Crippen LogP contribution in [0.5, 0.6) is 0 Å². The summed E-state index contributed by atoms with van der Waals surface area (Å²) in [7, 11) is 0. The number of aliphatic hydroxyl groups excluding tert-OH is 2. The summed E-state index contributed by atoms with van der Waals surface area (Å²) in [6, 6.07) is 67.0. The van der Waals surface area contributed by atoms with Crippen molar-refractivity contribution in [1.82, 2.24) is 16.0 Å². The molecule has 0 aliphatic rings. The lowest BCUT2D eigenvalue weighted by Gasteiger charge is -2.37. The van der Waals surface area contributed by atoms with Gasteiger partial charge in [0, 0.05) is 5.75 Å². The van der Waals surface area contributed by atoms with Gasteiger partial charge in [-0.15, -0.1) is 23.5 Å². The summed E-state index contributed by atoms with van der Waals surface area (Å²) in [4.78, 5) is 55.4. The van der Waals surface area contributed by atoms with Gasteiger partial charge in [-0.2, -0.15) is 0 Å². The molecule has 0 spiro atoms. The quantitative estimate of drug-likeness (QED) is 0.0140. The minimum absolute atomic E-state index is 0.0252. The molecular formula is C65H67N3O7S2. The van der Waals surface area contributed by atoms with Crippen LogP contribution in [0.15, 0.2) is 237 Å². The van der Waals surface area contributed by atoms with Crippen LogP contribution >= 0.6 is 23.5 Å². The fourth-order valence-electron chi connectivity index (χ4n) is 9.34. The number of carbonyl (C=O) groups excluding carboxylic acids is 4. The molecule has 0 saturated heterocycles. The van der Waals surface area contributed by atoms with Crippen molar-refractivity contribution in [3.8, 4) is 0 Å². The first-order valence-electron chi connectivity index (χ1n) is 25.9. The van der Waals surface area contributed by atoms with Gasteiger partial charge in [-0.1, -0.05) is 237 Å². The second-order valence-corrected chi connectivity index (χ2v) is 21.1. The van der Waals surface area contributed by atoms with Crippen LogP contribution in [0.2, 0.25) is 0 Å². The van der Waals surface area contributed by atoms with Gasteiger partial charge in [0.1, 0.15) is 18.7 Å². The van der Waals surface area contributed by atoms with E-state index in [4.69, 9.17) is 4.74 Å². The average molecular weight is 1070 g/mol. The second-order valence-electron chi connectivity index (χ2n) is 18.6. The van der Waals surface area contributed by atoms with Crippen LogP contribution < -0.4 is 16.0 Å². The number of carbonyl (C=O) groups is 4. The summed E-state index contributed by atoms with van der Waals surface area (Å²) in [6.07, 6.45) is 2.49. The van der Waals surface area contributed by atoms with Crippen molar-refractivity contribution in [2.75, 3.05) is 18.1 Å². The minimum Gasteiger partial charge on any atom is -0.461 e. The highest BCUT2D eigenvalue weighted by Crippen LogP contribution is 2.50. The first kappa shape index (κ1) is 57.2. The van der Waals surface area contributed by atoms with Crippen molar-refractivity contribution in [2.24, 2.45) is 0 Å². The Morgan fingerprint density at radius 1 is 0.558 bits per heavy atom. The molecule has 0 aliphatic heterocycles. The normalized spacial score (nSPS) is 13.5. The molecule has 7 aromatic carbocycles. The number of ether oxygens (including phenoxy) is 1. The fourth-order valence-corrected chi connectivity index (χ4v) is 12.4. The molecule has 0 saturated carbocycles. The van der Waals surface area contributed by atoms with E-state index in [2.05, 4.69) is 95.3 Å². The van der Waals surface area contributed by atoms with Gasteiger partial charge >= 0.3 is 5.97 Å². The average Bonchev–Trinajstić information content (AvgIpc) is 3.48. The molecule has 3 amide bonds. The zero-order valence-electron chi connectivity index (χ0n) is 43.2. The molecule has 10 nitrogen and oxygen atoms in total. The van der Waals surface area contributed by atoms with Crippen LogP contribution in [0.1, 0.15) is 65.1 Å². The SMILES string of the molecule is C=CCOC(=O)C[C@H](O)[C@@H](Cc1ccccc1)NC(=O)[C@@H](CSC(c1ccccc1)(c1ccccc1)c1ccccc1)NC(=O)[C@@H](C)NC(=O)C[C@H](O)/C=C/CCSC(c1ccccc1)(c1ccccc1)c1ccccc1. The van der Waals surface area contributed by atoms with E-state index in [0.717, 1.165) is 38.9 Å². The third-order valence-electron chi connectivity index (χ3n) is 13.1. The van der Waals surface area contributed by atoms with Crippen molar-refractivity contribution in [3.63, 3.8) is 0 Å². The van der Waals surface area contributed by atoms with E-state index in [1.807, 2.05) is 146 Å². The third-order valence-corrected chi connectivity index (χ3v) is 16.4. The van der Waals surface area contributed by atoms with Gasteiger partial charge in [0.15, 0.2) is 0 Å². The molecular weight excluding hydrogens is 999 g/mol. The summed E-state index contributed by atoms with van der Waals surface area (Å²) in [6.45, 7) is 5.07. The monoisotopic (exact) mass is 1070 g/mol. The highest BCUT2D eigenvalue weighted by molar-refractivity contribution is 8.00. The summed E-state index contributed by atoms with van der Waals surface area (Å²) >= 11 is 3.26. The van der Waals surface area contributed by atoms with Crippen LogP contribution in [0, 0.1) is 0 Å². The number of allylic oxidation sites excluding steroid dienone is 1. The highest BCUT2D eigenvalue weighted by atomic mass is 32.2. The Morgan fingerprint density at radius 2 is 0.974 bits per heavy atom. The Hall–Kier alpha value is -7.48. The van der Waals surface area contributed by atoms with E-state index in [-0.39, 0.29) is 25.2 Å². The maximum absolute atomic E-state index is 14.9. The van der Waals surface area contributed by atoms with Gasteiger partial charge in [-0.3, -0.25) is 19.2 Å². The molecule has 7 aromatic rings. The molecule has 12 heteroatoms. The first-order valence-corrected chi connectivity index (χ1v) is 27.8. The topological polar surface area (TPSA) is 154 Å². The molecule has 5 N–H and O–H groups in total. The Morgan fingerprint density at radius 3 is 1.40 bits per heavy atom. The van der Waals surface area contributed by atoms with E-state index in [9.17, 15) is 29.4 Å². The number of hydrogen-bond donors (Lipinski definition) is 5. The summed E-state index contributed by atoms with van der Waals surface area (Å²) in [5, 5.41) is 31.3. The number of thioether (sulfide) groups is 2. The van der Waals surface area contributed by atoms with Gasteiger partial charge in [0.2, 0.25) is 17.7 Å². The van der Waals surface area contributed by atoms with Gasteiger partial charge in [0.25, 0.3) is 0 Å². The highest BCUT2D eigenvalue weighted by Gasteiger charge is 2.40. The van der Waals surface area contributed by atoms with E-state index in [0.29, 0.717) is 12.2 Å². The van der Waals surface area contributed by atoms with Gasteiger partial charge in [-0.25, -0.2) is 0 Å². The van der Waals surface area contributed by atoms with E-state index in [1.54, 1.807) is 17.8 Å². The number of aliphatic hydroxyl groups is 2. The predicted molar refractivity (Wildman–Crippen MR) is 311 cm³/mol. The van der Waals surface area contributed by atoms with Crippen molar-refractivity contribution in [2.45, 2.75) is 72.4 Å². The molecule has 0 aliphatic carbocycles. The van der Waals surface area contributed by atoms with Crippen LogP contribution in [0.3, 0.4) is 0 Å². The number of esters is 1. The third kappa shape index (κ3) is 15.6. The number of nitrogens with one attached hydrogen (secondary N) is 3. The minimum atomic E-state index is -1.36. The Labute approximate surface area is 461 Å². The zero-order valence-corrected chi connectivity index (χ0v) is 44.9. The molecule has 0 bridgehead atoms. The lowest BCUT2D eigenvalue weighted by atomic mass is 9.84. The molecule has 0 unspecified atom stereocenters. The maximum Gasteiger partial charge on any atom is 0.308 e. The largest absolute Gasteiger partial charge is 0.461 e. The number of rotatable bonds is 28. The molecule has 77 heavy (non-hydrogen) atoms. The van der Waals surface area contributed by atoms with Gasteiger partial charge < -0.3 is 30.9 Å². The summed E-state index contributed by atoms with van der Waals surface area (Å²) in [5.74, 6) is -1.75. The van der Waals surface area contributed by atoms with Crippen molar-refractivity contribution in [3.05, 3.63) is 276 Å². The lowest BCUT2D eigenvalue weighted by Crippen LogP contribution is -2.57. The van der Waals surface area contributed by atoms with Crippen LogP contribution in [-0.2, 0) is 39.8 Å². The van der Waals surface area contributed by atoms with E-state index >= 15 is 0 Å². The fraction of sp³-hybridized carbons (Fsp3) is 0.231. The first-order chi connectivity index (χ1) is 37.5. The molecule has 0 aromatic heterocycles. The summed E-state index contributed by atoms with van der Waals surface area (Å²) < 4.78 is 3.82. The Kier molecular flexibility index (Phi) is 21.7. The van der Waals surface area contributed by atoms with Crippen molar-refractivity contribution < 1.29 is 34.1 Å². The Bertz CT molecular complexity index is 2760. The second kappa shape index (κ2) is 29.1. The zero-order chi connectivity index (χ0) is 54.3. The van der Waals surface area contributed by atoms with Crippen molar-refractivity contribution in [1.29, 1.82) is 0 Å².